The molecule has 0 fully saturated rings. The Morgan fingerprint density at radius 2 is 1.88 bits per heavy atom. The maximum atomic E-state index is 13.6. The monoisotopic (exact) mass is 480 g/mol. The highest BCUT2D eigenvalue weighted by molar-refractivity contribution is 7.10. The van der Waals surface area contributed by atoms with E-state index >= 15 is 0 Å². The van der Waals surface area contributed by atoms with Gasteiger partial charge in [0.25, 0.3) is 5.91 Å². The lowest BCUT2D eigenvalue weighted by atomic mass is 9.93. The zero-order chi connectivity index (χ0) is 23.9. The number of rotatable bonds is 9. The van der Waals surface area contributed by atoms with Crippen molar-refractivity contribution in [3.05, 3.63) is 93.4 Å². The number of amides is 2. The molecule has 0 radical (unpaired) electrons. The van der Waals surface area contributed by atoms with Gasteiger partial charge in [-0.1, -0.05) is 30.3 Å². The first-order chi connectivity index (χ1) is 16.6. The maximum absolute atomic E-state index is 13.6. The van der Waals surface area contributed by atoms with E-state index in [1.807, 2.05) is 42.2 Å². The van der Waals surface area contributed by atoms with Gasteiger partial charge in [-0.25, -0.2) is 4.39 Å². The molecule has 1 aromatic heterocycles. The highest BCUT2D eigenvalue weighted by Crippen LogP contribution is 2.37. The average molecular weight is 481 g/mol. The van der Waals surface area contributed by atoms with Gasteiger partial charge in [-0.2, -0.15) is 0 Å². The zero-order valence-corrected chi connectivity index (χ0v) is 20.1. The fourth-order valence-electron chi connectivity index (χ4n) is 4.36. The Balaban J connectivity index is 1.56. The number of ether oxygens (including phenoxy) is 1. The predicted molar refractivity (Wildman–Crippen MR) is 131 cm³/mol. The van der Waals surface area contributed by atoms with Crippen LogP contribution in [-0.2, 0) is 16.0 Å². The molecule has 1 unspecified atom stereocenters. The van der Waals surface area contributed by atoms with Crippen LogP contribution in [0.15, 0.2) is 66.0 Å². The predicted octanol–water partition coefficient (Wildman–Crippen LogP) is 4.93. The van der Waals surface area contributed by atoms with E-state index < -0.39 is 5.82 Å². The summed E-state index contributed by atoms with van der Waals surface area (Å²) in [5, 5.41) is 2.08. The van der Waals surface area contributed by atoms with Gasteiger partial charge in [-0.3, -0.25) is 9.59 Å². The van der Waals surface area contributed by atoms with E-state index in [4.69, 9.17) is 4.74 Å². The lowest BCUT2D eigenvalue weighted by Gasteiger charge is -2.37. The van der Waals surface area contributed by atoms with Crippen LogP contribution in [-0.4, -0.2) is 54.5 Å². The molecular weight excluding hydrogens is 451 g/mol. The average Bonchev–Trinajstić information content (AvgIpc) is 3.35. The SMILES string of the molecule is CCOCCCN(CC(=O)N1CCc2sccc2C1c1ccccc1)C(=O)c1ccc(F)cc1. The quantitative estimate of drug-likeness (QED) is 0.408. The molecule has 178 valence electrons. The number of carbonyl (C=O) groups is 2. The lowest BCUT2D eigenvalue weighted by Crippen LogP contribution is -2.47. The molecule has 0 N–H and O–H groups in total. The summed E-state index contributed by atoms with van der Waals surface area (Å²) in [4.78, 5) is 31.6. The van der Waals surface area contributed by atoms with Crippen LogP contribution >= 0.6 is 11.3 Å². The number of fused-ring (bicyclic) bond motifs is 1. The Bertz CT molecular complexity index is 1100. The number of hydrogen-bond acceptors (Lipinski definition) is 4. The van der Waals surface area contributed by atoms with Gasteiger partial charge in [0, 0.05) is 36.7 Å². The van der Waals surface area contributed by atoms with Gasteiger partial charge in [0.05, 0.1) is 6.04 Å². The first-order valence-electron chi connectivity index (χ1n) is 11.6. The number of halogens is 1. The summed E-state index contributed by atoms with van der Waals surface area (Å²) in [6, 6.07) is 17.4. The van der Waals surface area contributed by atoms with E-state index in [1.165, 1.54) is 29.1 Å². The molecule has 1 aliphatic rings. The van der Waals surface area contributed by atoms with Gasteiger partial charge in [0.15, 0.2) is 0 Å². The molecule has 0 aliphatic carbocycles. The molecule has 7 heteroatoms. The smallest absolute Gasteiger partial charge is 0.254 e. The second-order valence-corrected chi connectivity index (χ2v) is 9.23. The van der Waals surface area contributed by atoms with Crippen LogP contribution in [0.1, 0.15) is 45.7 Å². The molecule has 34 heavy (non-hydrogen) atoms. The molecule has 0 saturated heterocycles. The molecule has 5 nitrogen and oxygen atoms in total. The van der Waals surface area contributed by atoms with Crippen LogP contribution in [0.5, 0.6) is 0 Å². The van der Waals surface area contributed by atoms with Crippen molar-refractivity contribution in [1.82, 2.24) is 9.80 Å². The third kappa shape index (κ3) is 5.54. The van der Waals surface area contributed by atoms with Crippen molar-refractivity contribution >= 4 is 23.2 Å². The first-order valence-corrected chi connectivity index (χ1v) is 12.5. The minimum absolute atomic E-state index is 0.0366. The fraction of sp³-hybridized carbons (Fsp3) is 0.333. The van der Waals surface area contributed by atoms with Gasteiger partial charge < -0.3 is 14.5 Å². The fourth-order valence-corrected chi connectivity index (χ4v) is 5.27. The Labute approximate surface area is 203 Å². The Morgan fingerprint density at radius 1 is 1.12 bits per heavy atom. The van der Waals surface area contributed by atoms with E-state index in [9.17, 15) is 14.0 Å². The van der Waals surface area contributed by atoms with Crippen LogP contribution in [0.3, 0.4) is 0 Å². The molecule has 2 amide bonds. The highest BCUT2D eigenvalue weighted by Gasteiger charge is 2.34. The van der Waals surface area contributed by atoms with Crippen molar-refractivity contribution in [2.75, 3.05) is 32.8 Å². The van der Waals surface area contributed by atoms with Gasteiger partial charge in [0.1, 0.15) is 12.4 Å². The molecule has 3 aromatic rings. The molecule has 2 aromatic carbocycles. The largest absolute Gasteiger partial charge is 0.382 e. The molecule has 1 atom stereocenters. The number of benzene rings is 2. The van der Waals surface area contributed by atoms with Crippen molar-refractivity contribution in [3.63, 3.8) is 0 Å². The number of thiophene rings is 1. The van der Waals surface area contributed by atoms with E-state index in [2.05, 4.69) is 11.4 Å². The third-order valence-corrected chi connectivity index (χ3v) is 7.02. The van der Waals surface area contributed by atoms with Gasteiger partial charge in [-0.15, -0.1) is 11.3 Å². The van der Waals surface area contributed by atoms with E-state index in [0.717, 1.165) is 17.5 Å². The number of hydrogen-bond donors (Lipinski definition) is 0. The molecule has 0 spiro atoms. The lowest BCUT2D eigenvalue weighted by molar-refractivity contribution is -0.134. The maximum Gasteiger partial charge on any atom is 0.254 e. The first kappa shape index (κ1) is 24.1. The highest BCUT2D eigenvalue weighted by atomic mass is 32.1. The third-order valence-electron chi connectivity index (χ3n) is 6.03. The van der Waals surface area contributed by atoms with Crippen molar-refractivity contribution in [1.29, 1.82) is 0 Å². The summed E-state index contributed by atoms with van der Waals surface area (Å²) in [7, 11) is 0. The van der Waals surface area contributed by atoms with Crippen molar-refractivity contribution < 1.29 is 18.7 Å². The summed E-state index contributed by atoms with van der Waals surface area (Å²) in [5.74, 6) is -0.784. The summed E-state index contributed by atoms with van der Waals surface area (Å²) >= 11 is 1.72. The van der Waals surface area contributed by atoms with Gasteiger partial charge in [-0.05, 0) is 66.6 Å². The van der Waals surface area contributed by atoms with Crippen LogP contribution < -0.4 is 0 Å². The van der Waals surface area contributed by atoms with E-state index in [1.54, 1.807) is 16.2 Å². The van der Waals surface area contributed by atoms with Crippen LogP contribution in [0.4, 0.5) is 4.39 Å². The number of carbonyl (C=O) groups excluding carboxylic acids is 2. The minimum Gasteiger partial charge on any atom is -0.382 e. The number of nitrogens with zero attached hydrogens (tertiary/aromatic N) is 2. The summed E-state index contributed by atoms with van der Waals surface area (Å²) in [5.41, 5.74) is 2.58. The normalized spacial score (nSPS) is 15.1. The second-order valence-electron chi connectivity index (χ2n) is 8.23. The van der Waals surface area contributed by atoms with Gasteiger partial charge in [0.2, 0.25) is 5.91 Å². The Morgan fingerprint density at radius 3 is 2.62 bits per heavy atom. The van der Waals surface area contributed by atoms with E-state index in [-0.39, 0.29) is 24.4 Å². The van der Waals surface area contributed by atoms with Crippen LogP contribution in [0.25, 0.3) is 0 Å². The van der Waals surface area contributed by atoms with E-state index in [0.29, 0.717) is 38.3 Å². The Kier molecular flexibility index (Phi) is 8.08. The van der Waals surface area contributed by atoms with Crippen LogP contribution in [0, 0.1) is 5.82 Å². The molecule has 2 heterocycles. The van der Waals surface area contributed by atoms with Crippen molar-refractivity contribution in [2.45, 2.75) is 25.8 Å². The van der Waals surface area contributed by atoms with Gasteiger partial charge >= 0.3 is 0 Å². The Hall–Kier alpha value is -3.03. The zero-order valence-electron chi connectivity index (χ0n) is 19.3. The molecule has 1 aliphatic heterocycles. The molecule has 0 bridgehead atoms. The topological polar surface area (TPSA) is 49.9 Å². The van der Waals surface area contributed by atoms with Crippen molar-refractivity contribution in [2.24, 2.45) is 0 Å². The van der Waals surface area contributed by atoms with Crippen molar-refractivity contribution in [3.8, 4) is 0 Å². The van der Waals surface area contributed by atoms with Crippen LogP contribution in [0.2, 0.25) is 0 Å². The molecular formula is C27H29FN2O3S. The molecule has 0 saturated carbocycles. The molecule has 4 rings (SSSR count). The minimum atomic E-state index is -0.402. The summed E-state index contributed by atoms with van der Waals surface area (Å²) in [6.45, 7) is 3.97. The standard InChI is InChI=1S/C27H29FN2O3S/c1-2-33-17-6-15-29(27(32)21-9-11-22(28)12-10-21)19-25(31)30-16-13-24-23(14-18-34-24)26(30)20-7-4-3-5-8-20/h3-5,7-12,14,18,26H,2,6,13,15-17,19H2,1H3. The second kappa shape index (κ2) is 11.4. The summed E-state index contributed by atoms with van der Waals surface area (Å²) < 4.78 is 18.8. The summed E-state index contributed by atoms with van der Waals surface area (Å²) in [6.07, 6.45) is 1.42.